The number of para-hydroxylation sites is 2. The molecule has 4 aromatic carbocycles. The lowest BCUT2D eigenvalue weighted by molar-refractivity contribution is 0.575. The molecule has 6 nitrogen and oxygen atoms in total. The van der Waals surface area contributed by atoms with Gasteiger partial charge in [-0.15, -0.1) is 0 Å². The van der Waals surface area contributed by atoms with E-state index < -0.39 is 0 Å². The van der Waals surface area contributed by atoms with Crippen LogP contribution in [0.25, 0.3) is 72.6 Å². The number of rotatable bonds is 4. The van der Waals surface area contributed by atoms with Crippen molar-refractivity contribution in [3.63, 3.8) is 0 Å². The first-order chi connectivity index (χ1) is 19.8. The van der Waals surface area contributed by atoms with Gasteiger partial charge < -0.3 is 13.6 Å². The van der Waals surface area contributed by atoms with E-state index in [4.69, 9.17) is 9.40 Å². The Kier molecular flexibility index (Phi) is 4.94. The number of aryl methyl sites for hydroxylation is 1. The zero-order chi connectivity index (χ0) is 26.6. The first-order valence-corrected chi connectivity index (χ1v) is 13.2. The highest BCUT2D eigenvalue weighted by atomic mass is 16.3. The zero-order valence-corrected chi connectivity index (χ0v) is 21.7. The van der Waals surface area contributed by atoms with E-state index in [-0.39, 0.29) is 0 Å². The number of hydrogen-bond acceptors (Lipinski definition) is 4. The van der Waals surface area contributed by atoms with Crippen LogP contribution in [0, 0.1) is 0 Å². The Labute approximate surface area is 229 Å². The average Bonchev–Trinajstić information content (AvgIpc) is 3.74. The van der Waals surface area contributed by atoms with Gasteiger partial charge in [-0.1, -0.05) is 54.6 Å². The average molecular weight is 518 g/mol. The minimum atomic E-state index is 0.587. The zero-order valence-electron chi connectivity index (χ0n) is 21.7. The fourth-order valence-corrected chi connectivity index (χ4v) is 5.78. The van der Waals surface area contributed by atoms with Crippen LogP contribution < -0.4 is 0 Å². The highest BCUT2D eigenvalue weighted by Gasteiger charge is 2.19. The lowest BCUT2D eigenvalue weighted by atomic mass is 10.1. The molecule has 0 saturated heterocycles. The summed E-state index contributed by atoms with van der Waals surface area (Å²) in [6.07, 6.45) is 5.10. The molecule has 0 aliphatic rings. The molecule has 0 saturated carbocycles. The Morgan fingerprint density at radius 1 is 0.675 bits per heavy atom. The monoisotopic (exact) mass is 517 g/mol. The SMILES string of the molecule is Cn1c(-c2ccc3c4ccccc4n(-c4cccc(-c5ccccn5)c4)c3c2)nc2cccc(-c3ncco3)c21. The van der Waals surface area contributed by atoms with Crippen LogP contribution in [0.15, 0.2) is 126 Å². The number of benzene rings is 4. The molecule has 8 aromatic rings. The Morgan fingerprint density at radius 2 is 1.55 bits per heavy atom. The van der Waals surface area contributed by atoms with E-state index in [9.17, 15) is 0 Å². The number of nitrogens with zero attached hydrogens (tertiary/aromatic N) is 5. The summed E-state index contributed by atoms with van der Waals surface area (Å²) >= 11 is 0. The molecule has 0 bridgehead atoms. The fraction of sp³-hybridized carbons (Fsp3) is 0.0294. The van der Waals surface area contributed by atoms with Crippen molar-refractivity contribution in [2.75, 3.05) is 0 Å². The van der Waals surface area contributed by atoms with Crippen LogP contribution >= 0.6 is 0 Å². The molecule has 0 atom stereocenters. The molecule has 0 N–H and O–H groups in total. The van der Waals surface area contributed by atoms with Crippen LogP contribution in [0.1, 0.15) is 0 Å². The van der Waals surface area contributed by atoms with Crippen molar-refractivity contribution in [2.24, 2.45) is 7.05 Å². The number of aromatic nitrogens is 5. The number of fused-ring (bicyclic) bond motifs is 4. The summed E-state index contributed by atoms with van der Waals surface area (Å²) in [5.41, 5.74) is 9.24. The van der Waals surface area contributed by atoms with Crippen LogP contribution in [0.2, 0.25) is 0 Å². The number of pyridine rings is 1. The molecule has 0 radical (unpaired) electrons. The molecular weight excluding hydrogens is 494 g/mol. The van der Waals surface area contributed by atoms with Crippen LogP contribution in [-0.4, -0.2) is 24.1 Å². The van der Waals surface area contributed by atoms with Crippen molar-refractivity contribution in [1.29, 1.82) is 0 Å². The van der Waals surface area contributed by atoms with E-state index in [0.717, 1.165) is 56.0 Å². The summed E-state index contributed by atoms with van der Waals surface area (Å²) in [6, 6.07) is 35.8. The third-order valence-corrected chi connectivity index (χ3v) is 7.55. The van der Waals surface area contributed by atoms with E-state index in [1.165, 1.54) is 10.8 Å². The topological polar surface area (TPSA) is 61.7 Å². The van der Waals surface area contributed by atoms with Gasteiger partial charge in [-0.2, -0.15) is 0 Å². The van der Waals surface area contributed by atoms with Gasteiger partial charge in [0.15, 0.2) is 0 Å². The molecule has 0 aliphatic carbocycles. The van der Waals surface area contributed by atoms with Crippen molar-refractivity contribution in [3.05, 3.63) is 122 Å². The molecule has 0 unspecified atom stereocenters. The molecule has 6 heteroatoms. The van der Waals surface area contributed by atoms with Gasteiger partial charge in [0, 0.05) is 40.8 Å². The predicted molar refractivity (Wildman–Crippen MR) is 159 cm³/mol. The molecule has 0 fully saturated rings. The van der Waals surface area contributed by atoms with E-state index in [2.05, 4.69) is 85.8 Å². The third-order valence-electron chi connectivity index (χ3n) is 7.55. The van der Waals surface area contributed by atoms with Gasteiger partial charge in [-0.25, -0.2) is 9.97 Å². The van der Waals surface area contributed by atoms with Crippen molar-refractivity contribution in [2.45, 2.75) is 0 Å². The van der Waals surface area contributed by atoms with Crippen LogP contribution in [0.4, 0.5) is 0 Å². The van der Waals surface area contributed by atoms with Gasteiger partial charge in [0.1, 0.15) is 12.1 Å². The van der Waals surface area contributed by atoms with Gasteiger partial charge in [-0.05, 0) is 48.5 Å². The molecule has 0 spiro atoms. The summed E-state index contributed by atoms with van der Waals surface area (Å²) in [6.45, 7) is 0. The van der Waals surface area contributed by atoms with E-state index >= 15 is 0 Å². The molecule has 0 aliphatic heterocycles. The second-order valence-electron chi connectivity index (χ2n) is 9.85. The lowest BCUT2D eigenvalue weighted by Gasteiger charge is -2.11. The quantitative estimate of drug-likeness (QED) is 0.237. The molecule has 0 amide bonds. The van der Waals surface area contributed by atoms with Crippen molar-refractivity contribution in [1.82, 2.24) is 24.1 Å². The first-order valence-electron chi connectivity index (χ1n) is 13.2. The fourth-order valence-electron chi connectivity index (χ4n) is 5.78. The van der Waals surface area contributed by atoms with Crippen molar-refractivity contribution < 1.29 is 4.42 Å². The first kappa shape index (κ1) is 22.5. The van der Waals surface area contributed by atoms with Gasteiger partial charge in [-0.3, -0.25) is 4.98 Å². The summed E-state index contributed by atoms with van der Waals surface area (Å²) in [5.74, 6) is 1.47. The summed E-state index contributed by atoms with van der Waals surface area (Å²) in [7, 11) is 2.05. The second kappa shape index (κ2) is 8.78. The highest BCUT2D eigenvalue weighted by Crippen LogP contribution is 2.37. The third kappa shape index (κ3) is 3.39. The molecule has 8 rings (SSSR count). The smallest absolute Gasteiger partial charge is 0.228 e. The molecule has 4 heterocycles. The van der Waals surface area contributed by atoms with Crippen LogP contribution in [0.5, 0.6) is 0 Å². The normalized spacial score (nSPS) is 11.6. The summed E-state index contributed by atoms with van der Waals surface area (Å²) < 4.78 is 10.1. The van der Waals surface area contributed by atoms with Gasteiger partial charge in [0.05, 0.1) is 39.5 Å². The molecular formula is C34H23N5O. The minimum absolute atomic E-state index is 0.587. The standard InChI is InChI=1S/C34H23N5O/c1-38-32-27(34-36-18-19-40-34)11-7-13-29(32)37-33(38)23-15-16-26-25-10-2-3-14-30(25)39(31(26)21-23)24-9-6-8-22(20-24)28-12-4-5-17-35-28/h2-21H,1H3. The maximum Gasteiger partial charge on any atom is 0.228 e. The number of imidazole rings is 1. The second-order valence-corrected chi connectivity index (χ2v) is 9.85. The Morgan fingerprint density at radius 3 is 2.42 bits per heavy atom. The Hall–Kier alpha value is -5.49. The van der Waals surface area contributed by atoms with E-state index in [1.54, 1.807) is 12.5 Å². The number of hydrogen-bond donors (Lipinski definition) is 0. The highest BCUT2D eigenvalue weighted by molar-refractivity contribution is 6.10. The Balaban J connectivity index is 1.36. The van der Waals surface area contributed by atoms with E-state index in [1.807, 2.05) is 49.6 Å². The molecule has 4 aromatic heterocycles. The van der Waals surface area contributed by atoms with Gasteiger partial charge >= 0.3 is 0 Å². The van der Waals surface area contributed by atoms with Crippen molar-refractivity contribution >= 4 is 32.8 Å². The maximum absolute atomic E-state index is 5.64. The van der Waals surface area contributed by atoms with Crippen molar-refractivity contribution in [3.8, 4) is 39.8 Å². The summed E-state index contributed by atoms with van der Waals surface area (Å²) in [4.78, 5) is 14.0. The van der Waals surface area contributed by atoms with Gasteiger partial charge in [0.25, 0.3) is 0 Å². The summed E-state index contributed by atoms with van der Waals surface area (Å²) in [5, 5.41) is 2.41. The molecule has 40 heavy (non-hydrogen) atoms. The van der Waals surface area contributed by atoms with Gasteiger partial charge in [0.2, 0.25) is 5.89 Å². The number of oxazole rings is 1. The van der Waals surface area contributed by atoms with E-state index in [0.29, 0.717) is 5.89 Å². The minimum Gasteiger partial charge on any atom is -0.444 e. The lowest BCUT2D eigenvalue weighted by Crippen LogP contribution is -1.96. The molecule has 190 valence electrons. The van der Waals surface area contributed by atoms with Crippen LogP contribution in [-0.2, 0) is 7.05 Å². The predicted octanol–water partition coefficient (Wildman–Crippen LogP) is 8.05. The largest absolute Gasteiger partial charge is 0.444 e. The Bertz CT molecular complexity index is 2170. The maximum atomic E-state index is 5.64. The van der Waals surface area contributed by atoms with Crippen LogP contribution in [0.3, 0.4) is 0 Å².